The second-order valence-corrected chi connectivity index (χ2v) is 4.67. The van der Waals surface area contributed by atoms with E-state index in [1.54, 1.807) is 6.07 Å². The first-order valence-corrected chi connectivity index (χ1v) is 6.03. The van der Waals surface area contributed by atoms with Crippen LogP contribution < -0.4 is 5.32 Å². The summed E-state index contributed by atoms with van der Waals surface area (Å²) in [5.74, 6) is 0. The van der Waals surface area contributed by atoms with Gasteiger partial charge in [0.1, 0.15) is 0 Å². The minimum Gasteiger partial charge on any atom is -0.396 e. The van der Waals surface area contributed by atoms with E-state index in [1.165, 1.54) is 0 Å². The van der Waals surface area contributed by atoms with Gasteiger partial charge in [0.2, 0.25) is 0 Å². The maximum Gasteiger partial charge on any atom is 0.0992 e. The van der Waals surface area contributed by atoms with Crippen LogP contribution in [0.2, 0.25) is 0 Å². The van der Waals surface area contributed by atoms with Crippen molar-refractivity contribution in [2.75, 3.05) is 11.9 Å². The Bertz CT molecular complexity index is 387. The van der Waals surface area contributed by atoms with Gasteiger partial charge < -0.3 is 10.4 Å². The van der Waals surface area contributed by atoms with Crippen molar-refractivity contribution in [2.45, 2.75) is 25.8 Å². The summed E-state index contributed by atoms with van der Waals surface area (Å²) in [5, 5.41) is 20.9. The summed E-state index contributed by atoms with van der Waals surface area (Å²) >= 11 is 3.37. The van der Waals surface area contributed by atoms with E-state index in [4.69, 9.17) is 10.4 Å². The van der Waals surface area contributed by atoms with Gasteiger partial charge in [-0.2, -0.15) is 5.26 Å². The molecule has 16 heavy (non-hydrogen) atoms. The van der Waals surface area contributed by atoms with Crippen molar-refractivity contribution < 1.29 is 5.11 Å². The molecule has 0 aliphatic heterocycles. The topological polar surface area (TPSA) is 56.0 Å². The van der Waals surface area contributed by atoms with Gasteiger partial charge in [-0.05, 0) is 38.0 Å². The summed E-state index contributed by atoms with van der Waals surface area (Å²) in [6.45, 7) is 2.27. The molecule has 1 aromatic rings. The number of halogens is 1. The van der Waals surface area contributed by atoms with E-state index in [0.717, 1.165) is 23.0 Å². The van der Waals surface area contributed by atoms with E-state index in [2.05, 4.69) is 34.2 Å². The van der Waals surface area contributed by atoms with Gasteiger partial charge in [-0.15, -0.1) is 0 Å². The lowest BCUT2D eigenvalue weighted by Gasteiger charge is -2.15. The molecule has 0 heterocycles. The molecule has 0 fully saturated rings. The number of rotatable bonds is 5. The molecule has 86 valence electrons. The molecule has 1 aromatic carbocycles. The van der Waals surface area contributed by atoms with E-state index in [0.29, 0.717) is 5.56 Å². The van der Waals surface area contributed by atoms with Crippen molar-refractivity contribution in [3.63, 3.8) is 0 Å². The monoisotopic (exact) mass is 282 g/mol. The van der Waals surface area contributed by atoms with Gasteiger partial charge in [0.05, 0.1) is 11.6 Å². The third-order valence-electron chi connectivity index (χ3n) is 2.24. The SMILES string of the molecule is CC(CCCO)Nc1cc(Br)cc(C#N)c1. The lowest BCUT2D eigenvalue weighted by atomic mass is 10.1. The first-order chi connectivity index (χ1) is 7.65. The number of benzene rings is 1. The molecule has 0 saturated heterocycles. The Morgan fingerprint density at radius 1 is 1.50 bits per heavy atom. The Hall–Kier alpha value is -1.05. The van der Waals surface area contributed by atoms with E-state index < -0.39 is 0 Å². The Balaban J connectivity index is 2.66. The molecule has 1 atom stereocenters. The Morgan fingerprint density at radius 2 is 2.25 bits per heavy atom. The third-order valence-corrected chi connectivity index (χ3v) is 2.69. The van der Waals surface area contributed by atoms with Crippen molar-refractivity contribution in [3.8, 4) is 6.07 Å². The normalized spacial score (nSPS) is 11.9. The Kier molecular flexibility index (Phi) is 5.30. The number of nitrogens with zero attached hydrogens (tertiary/aromatic N) is 1. The molecule has 3 nitrogen and oxygen atoms in total. The van der Waals surface area contributed by atoms with Gasteiger partial charge in [-0.1, -0.05) is 15.9 Å². The molecule has 0 spiro atoms. The number of hydrogen-bond acceptors (Lipinski definition) is 3. The molecule has 0 aromatic heterocycles. The van der Waals surface area contributed by atoms with Crippen LogP contribution in [-0.4, -0.2) is 17.8 Å². The van der Waals surface area contributed by atoms with Gasteiger partial charge in [-0.25, -0.2) is 0 Å². The van der Waals surface area contributed by atoms with Gasteiger partial charge in [0.25, 0.3) is 0 Å². The molecular weight excluding hydrogens is 268 g/mol. The number of aliphatic hydroxyl groups is 1. The molecule has 0 radical (unpaired) electrons. The van der Waals surface area contributed by atoms with Crippen LogP contribution in [0.1, 0.15) is 25.3 Å². The first kappa shape index (κ1) is 13.0. The summed E-state index contributed by atoms with van der Waals surface area (Å²) in [6.07, 6.45) is 1.69. The van der Waals surface area contributed by atoms with Crippen LogP contribution in [0.25, 0.3) is 0 Å². The van der Waals surface area contributed by atoms with Gasteiger partial charge in [0, 0.05) is 22.8 Å². The van der Waals surface area contributed by atoms with Crippen LogP contribution in [0, 0.1) is 11.3 Å². The summed E-state index contributed by atoms with van der Waals surface area (Å²) in [4.78, 5) is 0. The predicted octanol–water partition coefficient (Wildman–Crippen LogP) is 2.89. The third kappa shape index (κ3) is 4.21. The zero-order valence-corrected chi connectivity index (χ0v) is 10.8. The first-order valence-electron chi connectivity index (χ1n) is 5.24. The highest BCUT2D eigenvalue weighted by Crippen LogP contribution is 2.20. The molecule has 0 amide bonds. The summed E-state index contributed by atoms with van der Waals surface area (Å²) in [5.41, 5.74) is 1.56. The molecule has 2 N–H and O–H groups in total. The van der Waals surface area contributed by atoms with Gasteiger partial charge in [0.15, 0.2) is 0 Å². The van der Waals surface area contributed by atoms with E-state index in [9.17, 15) is 0 Å². The summed E-state index contributed by atoms with van der Waals surface area (Å²) in [6, 6.07) is 7.94. The smallest absolute Gasteiger partial charge is 0.0992 e. The zero-order chi connectivity index (χ0) is 12.0. The number of nitriles is 1. The highest BCUT2D eigenvalue weighted by molar-refractivity contribution is 9.10. The van der Waals surface area contributed by atoms with E-state index in [-0.39, 0.29) is 12.6 Å². The molecule has 4 heteroatoms. The van der Waals surface area contributed by atoms with Gasteiger partial charge in [-0.3, -0.25) is 0 Å². The van der Waals surface area contributed by atoms with Crippen molar-refractivity contribution in [3.05, 3.63) is 28.2 Å². The molecule has 0 saturated carbocycles. The summed E-state index contributed by atoms with van der Waals surface area (Å²) in [7, 11) is 0. The maximum atomic E-state index is 8.83. The van der Waals surface area contributed by atoms with Crippen LogP contribution in [0.3, 0.4) is 0 Å². The molecule has 0 aliphatic rings. The Morgan fingerprint density at radius 3 is 2.88 bits per heavy atom. The standard InChI is InChI=1S/C12H15BrN2O/c1-9(3-2-4-16)15-12-6-10(8-14)5-11(13)7-12/h5-7,9,15-16H,2-4H2,1H3. The Labute approximate surface area is 104 Å². The fourth-order valence-corrected chi connectivity index (χ4v) is 1.98. The molecule has 0 aliphatic carbocycles. The fourth-order valence-electron chi connectivity index (χ4n) is 1.49. The van der Waals surface area contributed by atoms with Crippen LogP contribution >= 0.6 is 15.9 Å². The largest absolute Gasteiger partial charge is 0.396 e. The molecular formula is C12H15BrN2O. The van der Waals surface area contributed by atoms with Crippen LogP contribution in [-0.2, 0) is 0 Å². The van der Waals surface area contributed by atoms with Crippen molar-refractivity contribution in [2.24, 2.45) is 0 Å². The fraction of sp³-hybridized carbons (Fsp3) is 0.417. The van der Waals surface area contributed by atoms with Crippen LogP contribution in [0.5, 0.6) is 0 Å². The molecule has 1 unspecified atom stereocenters. The van der Waals surface area contributed by atoms with Crippen molar-refractivity contribution in [1.82, 2.24) is 0 Å². The highest BCUT2D eigenvalue weighted by atomic mass is 79.9. The second-order valence-electron chi connectivity index (χ2n) is 3.75. The number of anilines is 1. The summed E-state index contributed by atoms with van der Waals surface area (Å²) < 4.78 is 0.892. The lowest BCUT2D eigenvalue weighted by molar-refractivity contribution is 0.282. The zero-order valence-electron chi connectivity index (χ0n) is 9.20. The van der Waals surface area contributed by atoms with Gasteiger partial charge >= 0.3 is 0 Å². The van der Waals surface area contributed by atoms with E-state index >= 15 is 0 Å². The number of hydrogen-bond donors (Lipinski definition) is 2. The number of nitrogens with one attached hydrogen (secondary N) is 1. The number of aliphatic hydroxyl groups excluding tert-OH is 1. The highest BCUT2D eigenvalue weighted by Gasteiger charge is 2.03. The average molecular weight is 283 g/mol. The lowest BCUT2D eigenvalue weighted by Crippen LogP contribution is -2.15. The quantitative estimate of drug-likeness (QED) is 0.873. The van der Waals surface area contributed by atoms with E-state index in [1.807, 2.05) is 12.1 Å². The van der Waals surface area contributed by atoms with Crippen molar-refractivity contribution in [1.29, 1.82) is 5.26 Å². The van der Waals surface area contributed by atoms with Crippen LogP contribution in [0.15, 0.2) is 22.7 Å². The molecule has 1 rings (SSSR count). The maximum absolute atomic E-state index is 8.83. The minimum absolute atomic E-state index is 0.216. The predicted molar refractivity (Wildman–Crippen MR) is 68.3 cm³/mol. The van der Waals surface area contributed by atoms with Crippen LogP contribution in [0.4, 0.5) is 5.69 Å². The van der Waals surface area contributed by atoms with Crippen molar-refractivity contribution >= 4 is 21.6 Å². The second kappa shape index (κ2) is 6.51. The minimum atomic E-state index is 0.216. The average Bonchev–Trinajstić information content (AvgIpc) is 2.25. The molecule has 0 bridgehead atoms.